The van der Waals surface area contributed by atoms with Crippen LogP contribution in [-0.4, -0.2) is 30.5 Å². The molecule has 2 nitrogen and oxygen atoms in total. The molecular weight excluding hydrogens is 182 g/mol. The Morgan fingerprint density at radius 2 is 2.38 bits per heavy atom. The van der Waals surface area contributed by atoms with Gasteiger partial charge < -0.3 is 10.1 Å². The number of fused-ring (bicyclic) bond motifs is 1. The molecule has 3 atom stereocenters. The zero-order valence-electron chi connectivity index (χ0n) is 7.87. The maximum Gasteiger partial charge on any atom is 0.0739 e. The van der Waals surface area contributed by atoms with Crippen LogP contribution in [0.2, 0.25) is 0 Å². The molecule has 0 amide bonds. The predicted octanol–water partition coefficient (Wildman–Crippen LogP) is 1.77. The molecule has 0 spiro atoms. The molecule has 0 bridgehead atoms. The SMILES string of the molecule is C=CSC1CCCC2OCCNC21. The van der Waals surface area contributed by atoms with Crippen molar-refractivity contribution in [3.8, 4) is 0 Å². The van der Waals surface area contributed by atoms with Crippen molar-refractivity contribution in [2.45, 2.75) is 36.7 Å². The maximum absolute atomic E-state index is 5.75. The second kappa shape index (κ2) is 4.49. The molecule has 0 aromatic heterocycles. The highest BCUT2D eigenvalue weighted by Crippen LogP contribution is 2.31. The van der Waals surface area contributed by atoms with Gasteiger partial charge in [-0.05, 0) is 24.7 Å². The van der Waals surface area contributed by atoms with Crippen molar-refractivity contribution in [2.75, 3.05) is 13.2 Å². The van der Waals surface area contributed by atoms with Gasteiger partial charge in [0.05, 0.1) is 12.7 Å². The smallest absolute Gasteiger partial charge is 0.0739 e. The van der Waals surface area contributed by atoms with E-state index in [-0.39, 0.29) is 0 Å². The Balaban J connectivity index is 1.98. The Kier molecular flexibility index (Phi) is 3.30. The van der Waals surface area contributed by atoms with E-state index >= 15 is 0 Å². The van der Waals surface area contributed by atoms with Crippen LogP contribution in [0.4, 0.5) is 0 Å². The van der Waals surface area contributed by atoms with Gasteiger partial charge in [0.2, 0.25) is 0 Å². The maximum atomic E-state index is 5.75. The Morgan fingerprint density at radius 1 is 1.46 bits per heavy atom. The second-order valence-corrected chi connectivity index (χ2v) is 4.87. The predicted molar refractivity (Wildman–Crippen MR) is 57.0 cm³/mol. The van der Waals surface area contributed by atoms with E-state index in [0.29, 0.717) is 17.4 Å². The van der Waals surface area contributed by atoms with E-state index in [9.17, 15) is 0 Å². The van der Waals surface area contributed by atoms with E-state index in [1.807, 2.05) is 17.2 Å². The Morgan fingerprint density at radius 3 is 3.23 bits per heavy atom. The summed E-state index contributed by atoms with van der Waals surface area (Å²) in [6.45, 7) is 5.68. The molecule has 3 unspecified atom stereocenters. The first kappa shape index (κ1) is 9.56. The van der Waals surface area contributed by atoms with Crippen LogP contribution < -0.4 is 5.32 Å². The van der Waals surface area contributed by atoms with Gasteiger partial charge in [-0.3, -0.25) is 0 Å². The van der Waals surface area contributed by atoms with Crippen LogP contribution in [0.1, 0.15) is 19.3 Å². The molecule has 0 radical (unpaired) electrons. The van der Waals surface area contributed by atoms with E-state index < -0.39 is 0 Å². The lowest BCUT2D eigenvalue weighted by Gasteiger charge is -2.41. The van der Waals surface area contributed by atoms with Crippen molar-refractivity contribution in [3.63, 3.8) is 0 Å². The highest BCUT2D eigenvalue weighted by atomic mass is 32.2. The van der Waals surface area contributed by atoms with Crippen molar-refractivity contribution in [1.29, 1.82) is 0 Å². The molecule has 2 aliphatic rings. The van der Waals surface area contributed by atoms with Gasteiger partial charge >= 0.3 is 0 Å². The zero-order valence-corrected chi connectivity index (χ0v) is 8.69. The summed E-state index contributed by atoms with van der Waals surface area (Å²) in [4.78, 5) is 0. The van der Waals surface area contributed by atoms with Gasteiger partial charge in [-0.2, -0.15) is 0 Å². The number of rotatable bonds is 2. The molecule has 2 rings (SSSR count). The third-order valence-corrected chi connectivity index (χ3v) is 3.93. The summed E-state index contributed by atoms with van der Waals surface area (Å²) < 4.78 is 5.75. The number of hydrogen-bond acceptors (Lipinski definition) is 3. The Hall–Kier alpha value is 0.01000. The summed E-state index contributed by atoms with van der Waals surface area (Å²) >= 11 is 1.86. The molecule has 3 heteroatoms. The van der Waals surface area contributed by atoms with Gasteiger partial charge in [-0.1, -0.05) is 6.58 Å². The lowest BCUT2D eigenvalue weighted by Crippen LogP contribution is -2.55. The lowest BCUT2D eigenvalue weighted by molar-refractivity contribution is -0.0212. The molecular formula is C10H17NOS. The molecule has 2 fully saturated rings. The first-order valence-corrected chi connectivity index (χ1v) is 5.97. The number of ether oxygens (including phenoxy) is 1. The summed E-state index contributed by atoms with van der Waals surface area (Å²) in [5, 5.41) is 6.20. The summed E-state index contributed by atoms with van der Waals surface area (Å²) in [6.07, 6.45) is 4.29. The van der Waals surface area contributed by atoms with Gasteiger partial charge in [0, 0.05) is 17.8 Å². The fourth-order valence-electron chi connectivity index (χ4n) is 2.28. The minimum Gasteiger partial charge on any atom is -0.375 e. The van der Waals surface area contributed by atoms with Gasteiger partial charge in [0.25, 0.3) is 0 Å². The van der Waals surface area contributed by atoms with E-state index in [2.05, 4.69) is 11.9 Å². The van der Waals surface area contributed by atoms with Crippen LogP contribution in [0, 0.1) is 0 Å². The van der Waals surface area contributed by atoms with Gasteiger partial charge in [0.1, 0.15) is 0 Å². The second-order valence-electron chi connectivity index (χ2n) is 3.66. The molecule has 1 aliphatic heterocycles. The molecule has 1 N–H and O–H groups in total. The van der Waals surface area contributed by atoms with Crippen LogP contribution in [0.25, 0.3) is 0 Å². The lowest BCUT2D eigenvalue weighted by atomic mass is 9.91. The third kappa shape index (κ3) is 2.09. The fourth-order valence-corrected chi connectivity index (χ4v) is 3.27. The molecule has 0 aromatic rings. The molecule has 1 saturated carbocycles. The molecule has 0 aromatic carbocycles. The number of morpholine rings is 1. The molecule has 13 heavy (non-hydrogen) atoms. The fraction of sp³-hybridized carbons (Fsp3) is 0.800. The minimum atomic E-state index is 0.458. The molecule has 1 saturated heterocycles. The number of thioether (sulfide) groups is 1. The van der Waals surface area contributed by atoms with E-state index in [1.54, 1.807) is 0 Å². The minimum absolute atomic E-state index is 0.458. The largest absolute Gasteiger partial charge is 0.375 e. The van der Waals surface area contributed by atoms with Gasteiger partial charge in [-0.15, -0.1) is 11.8 Å². The van der Waals surface area contributed by atoms with E-state index in [4.69, 9.17) is 4.74 Å². The van der Waals surface area contributed by atoms with Crippen molar-refractivity contribution >= 4 is 11.8 Å². The Labute approximate surface area is 84.1 Å². The Bertz CT molecular complexity index is 184. The summed E-state index contributed by atoms with van der Waals surface area (Å²) in [6, 6.07) is 0.561. The summed E-state index contributed by atoms with van der Waals surface area (Å²) in [5.41, 5.74) is 0. The van der Waals surface area contributed by atoms with Crippen LogP contribution in [0.5, 0.6) is 0 Å². The molecule has 1 aliphatic carbocycles. The van der Waals surface area contributed by atoms with Crippen molar-refractivity contribution in [2.24, 2.45) is 0 Å². The summed E-state index contributed by atoms with van der Waals surface area (Å²) in [7, 11) is 0. The van der Waals surface area contributed by atoms with Gasteiger partial charge in [0.15, 0.2) is 0 Å². The van der Waals surface area contributed by atoms with Crippen LogP contribution in [0.3, 0.4) is 0 Å². The first-order valence-electron chi connectivity index (χ1n) is 5.03. The molecule has 74 valence electrons. The van der Waals surface area contributed by atoms with Crippen LogP contribution in [0.15, 0.2) is 12.0 Å². The normalized spacial score (nSPS) is 39.5. The standard InChI is InChI=1S/C10H17NOS/c1-2-13-9-5-3-4-8-10(9)11-6-7-12-8/h2,8-11H,1,3-7H2. The zero-order chi connectivity index (χ0) is 9.10. The van der Waals surface area contributed by atoms with E-state index in [1.165, 1.54) is 19.3 Å². The highest BCUT2D eigenvalue weighted by Gasteiger charge is 2.35. The molecule has 1 heterocycles. The van der Waals surface area contributed by atoms with Gasteiger partial charge in [-0.25, -0.2) is 0 Å². The third-order valence-electron chi connectivity index (χ3n) is 2.86. The number of nitrogens with one attached hydrogen (secondary N) is 1. The number of hydrogen-bond donors (Lipinski definition) is 1. The monoisotopic (exact) mass is 199 g/mol. The first-order chi connectivity index (χ1) is 6.42. The van der Waals surface area contributed by atoms with Crippen molar-refractivity contribution in [3.05, 3.63) is 12.0 Å². The van der Waals surface area contributed by atoms with Crippen molar-refractivity contribution < 1.29 is 4.74 Å². The van der Waals surface area contributed by atoms with Crippen LogP contribution >= 0.6 is 11.8 Å². The summed E-state index contributed by atoms with van der Waals surface area (Å²) in [5.74, 6) is 0. The average molecular weight is 199 g/mol. The van der Waals surface area contributed by atoms with Crippen molar-refractivity contribution in [1.82, 2.24) is 5.32 Å². The average Bonchev–Trinajstić information content (AvgIpc) is 2.19. The van der Waals surface area contributed by atoms with E-state index in [0.717, 1.165) is 13.2 Å². The quantitative estimate of drug-likeness (QED) is 0.732. The topological polar surface area (TPSA) is 21.3 Å². The highest BCUT2D eigenvalue weighted by molar-refractivity contribution is 8.02. The van der Waals surface area contributed by atoms with Crippen LogP contribution in [-0.2, 0) is 4.74 Å².